The van der Waals surface area contributed by atoms with E-state index in [1.54, 1.807) is 36.7 Å². The van der Waals surface area contributed by atoms with Gasteiger partial charge >= 0.3 is 11.9 Å². The first-order chi connectivity index (χ1) is 21.7. The molecule has 14 nitrogen and oxygen atoms in total. The first-order valence-electron chi connectivity index (χ1n) is 14.6. The molecule has 1 saturated heterocycles. The van der Waals surface area contributed by atoms with Gasteiger partial charge in [0.05, 0.1) is 23.3 Å². The van der Waals surface area contributed by atoms with Crippen molar-refractivity contribution in [2.24, 2.45) is 0 Å². The Morgan fingerprint density at radius 1 is 1.02 bits per heavy atom. The highest BCUT2D eigenvalue weighted by Gasteiger charge is 2.43. The van der Waals surface area contributed by atoms with Gasteiger partial charge in [-0.25, -0.2) is 23.2 Å². The summed E-state index contributed by atoms with van der Waals surface area (Å²) in [7, 11) is -2.94. The molecule has 1 fully saturated rings. The highest BCUT2D eigenvalue weighted by molar-refractivity contribution is 7.89. The number of piperidine rings is 1. The number of nitrogens with one attached hydrogen (secondary N) is 2. The maximum atomic E-state index is 13.7. The van der Waals surface area contributed by atoms with Gasteiger partial charge in [-0.1, -0.05) is 0 Å². The van der Waals surface area contributed by atoms with Crippen molar-refractivity contribution in [2.45, 2.75) is 56.1 Å². The topological polar surface area (TPSA) is 191 Å². The molecule has 0 aliphatic carbocycles. The second-order valence-corrected chi connectivity index (χ2v) is 13.5. The van der Waals surface area contributed by atoms with Crippen molar-refractivity contribution in [3.05, 3.63) is 72.1 Å². The number of carbonyl (C=O) groups excluding carboxylic acids is 1. The highest BCUT2D eigenvalue weighted by Crippen LogP contribution is 2.32. The summed E-state index contributed by atoms with van der Waals surface area (Å²) < 4.78 is 33.8. The van der Waals surface area contributed by atoms with E-state index in [1.807, 2.05) is 0 Å². The van der Waals surface area contributed by atoms with E-state index in [4.69, 9.17) is 9.84 Å². The summed E-state index contributed by atoms with van der Waals surface area (Å²) in [5.41, 5.74) is -0.336. The highest BCUT2D eigenvalue weighted by atomic mass is 32.2. The summed E-state index contributed by atoms with van der Waals surface area (Å²) in [6, 6.07) is 9.70. The predicted octanol–water partition coefficient (Wildman–Crippen LogP) is 2.94. The van der Waals surface area contributed by atoms with Gasteiger partial charge in [-0.3, -0.25) is 9.59 Å². The van der Waals surface area contributed by atoms with Gasteiger partial charge in [0.15, 0.2) is 0 Å². The van der Waals surface area contributed by atoms with Crippen molar-refractivity contribution >= 4 is 39.5 Å². The fourth-order valence-corrected chi connectivity index (χ4v) is 7.27. The third-order valence-electron chi connectivity index (χ3n) is 7.52. The van der Waals surface area contributed by atoms with Crippen LogP contribution in [0.4, 0.5) is 11.6 Å². The maximum absolute atomic E-state index is 13.7. The van der Waals surface area contributed by atoms with Crippen LogP contribution in [-0.4, -0.2) is 95.1 Å². The number of amides is 1. The van der Waals surface area contributed by atoms with E-state index in [2.05, 4.69) is 25.5 Å². The average molecular weight is 655 g/mol. The molecule has 0 bridgehead atoms. The van der Waals surface area contributed by atoms with Crippen molar-refractivity contribution in [2.75, 3.05) is 37.0 Å². The van der Waals surface area contributed by atoms with Gasteiger partial charge in [0, 0.05) is 49.2 Å². The number of rotatable bonds is 12. The largest absolute Gasteiger partial charge is 0.495 e. The monoisotopic (exact) mass is 654 g/mol. The van der Waals surface area contributed by atoms with Crippen LogP contribution >= 0.6 is 0 Å². The Hall–Kier alpha value is -4.76. The smallest absolute Gasteiger partial charge is 0.335 e. The zero-order valence-electron chi connectivity index (χ0n) is 26.0. The molecule has 1 aromatic heterocycles. The molecule has 1 aliphatic rings. The fraction of sp³-hybridized carbons (Fsp3) is 0.387. The number of hydrogen-bond donors (Lipinski definition) is 4. The van der Waals surface area contributed by atoms with Crippen LogP contribution in [0, 0.1) is 0 Å². The minimum absolute atomic E-state index is 0.121. The third kappa shape index (κ3) is 7.90. The number of nitrogens with zero attached hydrogens (tertiary/aromatic N) is 4. The lowest BCUT2D eigenvalue weighted by atomic mass is 10.0. The molecule has 1 aliphatic heterocycles. The second kappa shape index (κ2) is 14.1. The van der Waals surface area contributed by atoms with E-state index in [0.29, 0.717) is 11.7 Å². The molecule has 0 radical (unpaired) electrons. The Balaban J connectivity index is 1.47. The van der Waals surface area contributed by atoms with E-state index in [9.17, 15) is 27.9 Å². The van der Waals surface area contributed by atoms with Crippen LogP contribution in [0.2, 0.25) is 0 Å². The lowest BCUT2D eigenvalue weighted by molar-refractivity contribution is -0.142. The van der Waals surface area contributed by atoms with Crippen molar-refractivity contribution < 1.29 is 37.8 Å². The summed E-state index contributed by atoms with van der Waals surface area (Å²) in [4.78, 5) is 47.2. The van der Waals surface area contributed by atoms with Crippen LogP contribution in [0.25, 0.3) is 0 Å². The molecule has 0 spiro atoms. The molecular weight excluding hydrogens is 616 g/mol. The number of carboxylic acid groups (broad SMARTS) is 2. The second-order valence-electron chi connectivity index (χ2n) is 11.7. The number of sulfonamides is 1. The van der Waals surface area contributed by atoms with Crippen LogP contribution in [0.15, 0.2) is 65.8 Å². The van der Waals surface area contributed by atoms with Gasteiger partial charge in [-0.2, -0.15) is 4.31 Å². The molecule has 4 N–H and O–H groups in total. The standard InChI is InChI=1S/C31H38N6O8S/c1-31(2,3)37(46(43,44)23-9-6-20(7-10-23)28(39)40)25(29(41)42)19-34-27(38)21-8-11-24(26(18-21)45-4)36-16-12-22(13-17-36)35-30-32-14-5-15-33-30/h5-11,14-15,18,22,25H,12-13,16-17,19H2,1-4H3,(H,34,38)(H,39,40)(H,41,42)(H,32,33,35)/t25-/m0/s1. The maximum Gasteiger partial charge on any atom is 0.335 e. The number of hydrogen-bond acceptors (Lipinski definition) is 10. The summed E-state index contributed by atoms with van der Waals surface area (Å²) in [6.45, 7) is 5.52. The molecule has 0 saturated carbocycles. The van der Waals surface area contributed by atoms with Gasteiger partial charge in [0.25, 0.3) is 5.91 Å². The SMILES string of the molecule is COc1cc(C(=O)NC[C@@H](C(=O)O)N(C(C)(C)C)S(=O)(=O)c2ccc(C(=O)O)cc2)ccc1N1CCC(Nc2ncccn2)CC1. The van der Waals surface area contributed by atoms with Gasteiger partial charge in [-0.05, 0) is 82.1 Å². The summed E-state index contributed by atoms with van der Waals surface area (Å²) in [5.74, 6) is -2.27. The van der Waals surface area contributed by atoms with Crippen molar-refractivity contribution in [3.8, 4) is 5.75 Å². The minimum atomic E-state index is -4.44. The van der Waals surface area contributed by atoms with Crippen LogP contribution in [0.1, 0.15) is 54.3 Å². The number of aromatic carboxylic acids is 1. The number of ether oxygens (including phenoxy) is 1. The van der Waals surface area contributed by atoms with E-state index in [0.717, 1.165) is 60.2 Å². The Morgan fingerprint density at radius 3 is 2.17 bits per heavy atom. The molecule has 2 heterocycles. The number of anilines is 2. The van der Waals surface area contributed by atoms with Gasteiger partial charge < -0.3 is 30.5 Å². The van der Waals surface area contributed by atoms with E-state index in [1.165, 1.54) is 27.9 Å². The van der Waals surface area contributed by atoms with E-state index >= 15 is 0 Å². The van der Waals surface area contributed by atoms with E-state index in [-0.39, 0.29) is 22.1 Å². The van der Waals surface area contributed by atoms with Crippen molar-refractivity contribution in [1.82, 2.24) is 19.6 Å². The minimum Gasteiger partial charge on any atom is -0.495 e. The van der Waals surface area contributed by atoms with Crippen molar-refractivity contribution in [1.29, 1.82) is 0 Å². The molecule has 1 amide bonds. The normalized spacial score (nSPS) is 14.8. The Bertz CT molecular complexity index is 1650. The molecule has 4 rings (SSSR count). The number of aromatic nitrogens is 2. The molecule has 46 heavy (non-hydrogen) atoms. The summed E-state index contributed by atoms with van der Waals surface area (Å²) in [6.07, 6.45) is 5.03. The lowest BCUT2D eigenvalue weighted by Gasteiger charge is -2.38. The predicted molar refractivity (Wildman–Crippen MR) is 170 cm³/mol. The fourth-order valence-electron chi connectivity index (χ4n) is 5.34. The number of methoxy groups -OCH3 is 1. The Morgan fingerprint density at radius 2 is 1.63 bits per heavy atom. The molecule has 2 aromatic carbocycles. The van der Waals surface area contributed by atoms with Gasteiger partial charge in [0.1, 0.15) is 11.8 Å². The van der Waals surface area contributed by atoms with Crippen LogP contribution in [0.5, 0.6) is 5.75 Å². The molecule has 15 heteroatoms. The molecular formula is C31H38N6O8S. The molecule has 3 aromatic rings. The third-order valence-corrected chi connectivity index (χ3v) is 9.71. The quantitative estimate of drug-likeness (QED) is 0.224. The number of carbonyl (C=O) groups is 3. The Kier molecular flexibility index (Phi) is 10.5. The van der Waals surface area contributed by atoms with Crippen LogP contribution < -0.4 is 20.3 Å². The first-order valence-corrected chi connectivity index (χ1v) is 16.0. The molecule has 246 valence electrons. The summed E-state index contributed by atoms with van der Waals surface area (Å²) in [5, 5.41) is 25.2. The van der Waals surface area contributed by atoms with Crippen molar-refractivity contribution in [3.63, 3.8) is 0 Å². The molecule has 0 unspecified atom stereocenters. The number of benzene rings is 2. The zero-order chi connectivity index (χ0) is 33.6. The average Bonchev–Trinajstić information content (AvgIpc) is 3.02. The lowest BCUT2D eigenvalue weighted by Crippen LogP contribution is -2.58. The number of carboxylic acids is 2. The first kappa shape index (κ1) is 34.1. The molecule has 1 atom stereocenters. The van der Waals surface area contributed by atoms with Crippen LogP contribution in [0.3, 0.4) is 0 Å². The van der Waals surface area contributed by atoms with Gasteiger partial charge in [-0.15, -0.1) is 0 Å². The van der Waals surface area contributed by atoms with Crippen LogP contribution in [-0.2, 0) is 14.8 Å². The summed E-state index contributed by atoms with van der Waals surface area (Å²) >= 11 is 0. The Labute approximate surface area is 267 Å². The number of aliphatic carboxylic acids is 1. The van der Waals surface area contributed by atoms with E-state index < -0.39 is 46.0 Å². The van der Waals surface area contributed by atoms with Gasteiger partial charge in [0.2, 0.25) is 16.0 Å². The zero-order valence-corrected chi connectivity index (χ0v) is 26.8.